The van der Waals surface area contributed by atoms with Crippen LogP contribution in [0.15, 0.2) is 66.7 Å². The number of rotatable bonds is 15. The predicted molar refractivity (Wildman–Crippen MR) is 162 cm³/mol. The maximum Gasteiger partial charge on any atom is 0.253 e. The summed E-state index contributed by atoms with van der Waals surface area (Å²) in [6.45, 7) is 9.25. The van der Waals surface area contributed by atoms with Crippen molar-refractivity contribution in [2.75, 3.05) is 19.6 Å². The normalized spacial score (nSPS) is 13.3. The van der Waals surface area contributed by atoms with Crippen LogP contribution >= 0.6 is 0 Å². The van der Waals surface area contributed by atoms with Gasteiger partial charge in [-0.2, -0.15) is 0 Å². The van der Waals surface area contributed by atoms with Gasteiger partial charge >= 0.3 is 0 Å². The molecule has 3 atom stereocenters. The van der Waals surface area contributed by atoms with E-state index in [0.717, 1.165) is 36.5 Å². The summed E-state index contributed by atoms with van der Waals surface area (Å²) >= 11 is 0. The number of carbonyl (C=O) groups excluding carboxylic acids is 2. The molecule has 8 heteroatoms. The lowest BCUT2D eigenvalue weighted by Gasteiger charge is -2.27. The zero-order chi connectivity index (χ0) is 30.6. The Morgan fingerprint density at radius 2 is 1.50 bits per heavy atom. The first-order valence-corrected chi connectivity index (χ1v) is 14.8. The standard InChI is InChI=1S/C34H43F2N3O3/c1-5-13-39(14-6-2)34(42)27-16-23(4)15-26(20-27)33(41)38-31(19-24-17-28(35)21-29(36)18-24)32(40)22-37-30(7-3)25-11-9-8-10-12-25/h8-12,15-18,20-21,30-32,37,40H,5-7,13-14,19,22H2,1-4H3,(H,38,41)/t30-,31+,32-/m1/s1. The van der Waals surface area contributed by atoms with Crippen LogP contribution in [0, 0.1) is 18.6 Å². The maximum atomic E-state index is 14.0. The molecule has 0 aliphatic heterocycles. The number of nitrogens with one attached hydrogen (secondary N) is 2. The van der Waals surface area contributed by atoms with Gasteiger partial charge in [0.25, 0.3) is 11.8 Å². The number of benzene rings is 3. The van der Waals surface area contributed by atoms with E-state index in [4.69, 9.17) is 0 Å². The second-order valence-corrected chi connectivity index (χ2v) is 10.8. The minimum Gasteiger partial charge on any atom is -0.390 e. The lowest BCUT2D eigenvalue weighted by atomic mass is 9.98. The Balaban J connectivity index is 1.84. The average Bonchev–Trinajstić information content (AvgIpc) is 2.96. The summed E-state index contributed by atoms with van der Waals surface area (Å²) in [5.41, 5.74) is 2.82. The molecular formula is C34H43F2N3O3. The number of aliphatic hydroxyl groups excluding tert-OH is 1. The van der Waals surface area contributed by atoms with E-state index in [1.807, 2.05) is 58.0 Å². The largest absolute Gasteiger partial charge is 0.390 e. The molecule has 0 aliphatic carbocycles. The molecule has 3 N–H and O–H groups in total. The van der Waals surface area contributed by atoms with Gasteiger partial charge in [-0.05, 0) is 79.6 Å². The molecule has 0 radical (unpaired) electrons. The Morgan fingerprint density at radius 1 is 0.881 bits per heavy atom. The van der Waals surface area contributed by atoms with Crippen molar-refractivity contribution < 1.29 is 23.5 Å². The summed E-state index contributed by atoms with van der Waals surface area (Å²) in [4.78, 5) is 28.6. The summed E-state index contributed by atoms with van der Waals surface area (Å²) in [6, 6.07) is 17.1. The fraction of sp³-hybridized carbons (Fsp3) is 0.412. The zero-order valence-electron chi connectivity index (χ0n) is 25.0. The van der Waals surface area contributed by atoms with E-state index in [0.29, 0.717) is 24.2 Å². The van der Waals surface area contributed by atoms with Gasteiger partial charge in [0.1, 0.15) is 11.6 Å². The highest BCUT2D eigenvalue weighted by Gasteiger charge is 2.25. The lowest BCUT2D eigenvalue weighted by Crippen LogP contribution is -2.49. The number of aliphatic hydroxyl groups is 1. The molecule has 0 aliphatic rings. The van der Waals surface area contributed by atoms with Crippen molar-refractivity contribution in [3.05, 3.63) is 106 Å². The van der Waals surface area contributed by atoms with Crippen molar-refractivity contribution in [1.82, 2.24) is 15.5 Å². The fourth-order valence-corrected chi connectivity index (χ4v) is 5.18. The van der Waals surface area contributed by atoms with Crippen molar-refractivity contribution in [2.24, 2.45) is 0 Å². The van der Waals surface area contributed by atoms with Crippen LogP contribution in [0.4, 0.5) is 8.78 Å². The second-order valence-electron chi connectivity index (χ2n) is 10.8. The van der Waals surface area contributed by atoms with Gasteiger partial charge < -0.3 is 20.6 Å². The van der Waals surface area contributed by atoms with Crippen molar-refractivity contribution in [2.45, 2.75) is 71.6 Å². The molecule has 0 bridgehead atoms. The second kappa shape index (κ2) is 16.1. The molecule has 0 saturated heterocycles. The van der Waals surface area contributed by atoms with E-state index < -0.39 is 29.7 Å². The van der Waals surface area contributed by atoms with Crippen LogP contribution in [0.25, 0.3) is 0 Å². The predicted octanol–water partition coefficient (Wildman–Crippen LogP) is 5.98. The van der Waals surface area contributed by atoms with Gasteiger partial charge in [0, 0.05) is 42.9 Å². The Bertz CT molecular complexity index is 1290. The lowest BCUT2D eigenvalue weighted by molar-refractivity contribution is 0.0755. The Kier molecular flexibility index (Phi) is 12.6. The molecular weight excluding hydrogens is 536 g/mol. The molecule has 3 aromatic carbocycles. The Hall–Kier alpha value is -3.62. The number of halogens is 2. The number of carbonyl (C=O) groups is 2. The van der Waals surface area contributed by atoms with Crippen LogP contribution in [0.3, 0.4) is 0 Å². The van der Waals surface area contributed by atoms with Crippen LogP contribution in [-0.2, 0) is 6.42 Å². The van der Waals surface area contributed by atoms with Gasteiger partial charge in [-0.1, -0.05) is 51.1 Å². The molecule has 0 unspecified atom stereocenters. The number of hydrogen-bond donors (Lipinski definition) is 3. The first kappa shape index (κ1) is 32.9. The molecule has 0 heterocycles. The molecule has 226 valence electrons. The fourth-order valence-electron chi connectivity index (χ4n) is 5.18. The van der Waals surface area contributed by atoms with E-state index >= 15 is 0 Å². The zero-order valence-corrected chi connectivity index (χ0v) is 25.0. The molecule has 0 fully saturated rings. The minimum absolute atomic E-state index is 0.00375. The molecule has 42 heavy (non-hydrogen) atoms. The van der Waals surface area contributed by atoms with E-state index in [2.05, 4.69) is 10.6 Å². The number of hydrogen-bond acceptors (Lipinski definition) is 4. The minimum atomic E-state index is -1.08. The topological polar surface area (TPSA) is 81.7 Å². The van der Waals surface area contributed by atoms with Gasteiger partial charge in [-0.3, -0.25) is 9.59 Å². The first-order valence-electron chi connectivity index (χ1n) is 14.8. The molecule has 3 aromatic rings. The highest BCUT2D eigenvalue weighted by molar-refractivity contribution is 6.00. The highest BCUT2D eigenvalue weighted by Crippen LogP contribution is 2.18. The monoisotopic (exact) mass is 579 g/mol. The quantitative estimate of drug-likeness (QED) is 0.207. The van der Waals surface area contributed by atoms with Crippen LogP contribution in [0.5, 0.6) is 0 Å². The van der Waals surface area contributed by atoms with E-state index in [-0.39, 0.29) is 30.5 Å². The van der Waals surface area contributed by atoms with Crippen molar-refractivity contribution >= 4 is 11.8 Å². The summed E-state index contributed by atoms with van der Waals surface area (Å²) in [7, 11) is 0. The van der Waals surface area contributed by atoms with Gasteiger partial charge in [-0.15, -0.1) is 0 Å². The summed E-state index contributed by atoms with van der Waals surface area (Å²) in [6.07, 6.45) is 1.35. The third-order valence-electron chi connectivity index (χ3n) is 7.20. The van der Waals surface area contributed by atoms with Crippen LogP contribution in [0.2, 0.25) is 0 Å². The number of nitrogens with zero attached hydrogens (tertiary/aromatic N) is 1. The van der Waals surface area contributed by atoms with Gasteiger partial charge in [0.2, 0.25) is 0 Å². The maximum absolute atomic E-state index is 14.0. The first-order chi connectivity index (χ1) is 20.1. The van der Waals surface area contributed by atoms with Gasteiger partial charge in [0.15, 0.2) is 0 Å². The summed E-state index contributed by atoms with van der Waals surface area (Å²) < 4.78 is 28.0. The van der Waals surface area contributed by atoms with E-state index in [1.54, 1.807) is 23.1 Å². The number of aryl methyl sites for hydroxylation is 1. The molecule has 0 spiro atoms. The van der Waals surface area contributed by atoms with E-state index in [1.165, 1.54) is 12.1 Å². The van der Waals surface area contributed by atoms with Crippen LogP contribution in [-0.4, -0.2) is 53.6 Å². The van der Waals surface area contributed by atoms with E-state index in [9.17, 15) is 23.5 Å². The average molecular weight is 580 g/mol. The van der Waals surface area contributed by atoms with Gasteiger partial charge in [0.05, 0.1) is 12.1 Å². The van der Waals surface area contributed by atoms with Crippen LogP contribution < -0.4 is 10.6 Å². The molecule has 0 aromatic heterocycles. The molecule has 6 nitrogen and oxygen atoms in total. The molecule has 0 saturated carbocycles. The van der Waals surface area contributed by atoms with Gasteiger partial charge in [-0.25, -0.2) is 8.78 Å². The third-order valence-corrected chi connectivity index (χ3v) is 7.20. The Morgan fingerprint density at radius 3 is 2.10 bits per heavy atom. The smallest absolute Gasteiger partial charge is 0.253 e. The van der Waals surface area contributed by atoms with Crippen molar-refractivity contribution in [3.8, 4) is 0 Å². The molecule has 2 amide bonds. The summed E-state index contributed by atoms with van der Waals surface area (Å²) in [5, 5.41) is 17.5. The SMILES string of the molecule is CCCN(CCC)C(=O)c1cc(C)cc(C(=O)N[C@@H](Cc2cc(F)cc(F)c2)[C@H](O)CN[C@H](CC)c2ccccc2)c1. The summed E-state index contributed by atoms with van der Waals surface area (Å²) in [5.74, 6) is -2.09. The van der Waals surface area contributed by atoms with Crippen molar-refractivity contribution in [1.29, 1.82) is 0 Å². The molecule has 3 rings (SSSR count). The third kappa shape index (κ3) is 9.46. The van der Waals surface area contributed by atoms with Crippen molar-refractivity contribution in [3.63, 3.8) is 0 Å². The van der Waals surface area contributed by atoms with Crippen LogP contribution in [0.1, 0.15) is 83.5 Å². The number of amides is 2. The highest BCUT2D eigenvalue weighted by atomic mass is 19.1. The Labute approximate surface area is 248 Å².